The quantitative estimate of drug-likeness (QED) is 0.237. The van der Waals surface area contributed by atoms with E-state index in [-0.39, 0.29) is 18.5 Å². The highest BCUT2D eigenvalue weighted by Gasteiger charge is 2.15. The van der Waals surface area contributed by atoms with Gasteiger partial charge in [-0.1, -0.05) is 42.5 Å². The van der Waals surface area contributed by atoms with Crippen LogP contribution in [0, 0.1) is 0 Å². The number of amides is 1. The number of unbranched alkanes of at least 4 members (excludes halogenated alkanes) is 2. The number of rotatable bonds is 14. The maximum atomic E-state index is 13.0. The first-order chi connectivity index (χ1) is 16.3. The fourth-order valence-corrected chi connectivity index (χ4v) is 4.01. The zero-order valence-electron chi connectivity index (χ0n) is 21.3. The van der Waals surface area contributed by atoms with E-state index in [1.165, 1.54) is 7.11 Å². The van der Waals surface area contributed by atoms with E-state index in [4.69, 9.17) is 9.47 Å². The van der Waals surface area contributed by atoms with E-state index in [0.717, 1.165) is 35.9 Å². The highest BCUT2D eigenvalue weighted by Crippen LogP contribution is 2.25. The van der Waals surface area contributed by atoms with Gasteiger partial charge in [0.1, 0.15) is 12.4 Å². The normalized spacial score (nSPS) is 11.9. The van der Waals surface area contributed by atoms with Gasteiger partial charge < -0.3 is 14.8 Å². The topological polar surface area (TPSA) is 67.9 Å². The fraction of sp³-hybridized carbons (Fsp3) is 0.500. The second-order valence-corrected chi connectivity index (χ2v) is 9.00. The Morgan fingerprint density at radius 2 is 1.71 bits per heavy atom. The zero-order chi connectivity index (χ0) is 24.9. The summed E-state index contributed by atoms with van der Waals surface area (Å²) in [4.78, 5) is 26.7. The number of carbonyl (C=O) groups excluding carboxylic acids is 2. The second kappa shape index (κ2) is 14.4. The first-order valence-electron chi connectivity index (χ1n) is 12.2. The molecule has 0 aromatic heterocycles. The molecule has 0 heterocycles. The van der Waals surface area contributed by atoms with Crippen molar-refractivity contribution < 1.29 is 19.1 Å². The molecule has 6 heteroatoms. The van der Waals surface area contributed by atoms with E-state index >= 15 is 0 Å². The molecular weight excluding hydrogens is 428 g/mol. The average Bonchev–Trinajstić information content (AvgIpc) is 2.82. The van der Waals surface area contributed by atoms with Crippen LogP contribution < -0.4 is 10.1 Å². The van der Waals surface area contributed by atoms with E-state index in [2.05, 4.69) is 37.9 Å². The summed E-state index contributed by atoms with van der Waals surface area (Å²) in [5.74, 6) is 0.440. The molecule has 0 radical (unpaired) electrons. The highest BCUT2D eigenvalue weighted by molar-refractivity contribution is 5.94. The molecule has 34 heavy (non-hydrogen) atoms. The summed E-state index contributed by atoms with van der Waals surface area (Å²) in [6, 6.07) is 14.8. The number of carbonyl (C=O) groups is 2. The van der Waals surface area contributed by atoms with E-state index in [9.17, 15) is 9.59 Å². The molecule has 0 bridgehead atoms. The van der Waals surface area contributed by atoms with E-state index in [1.807, 2.05) is 48.5 Å². The van der Waals surface area contributed by atoms with Crippen LogP contribution in [0.3, 0.4) is 0 Å². The number of allylic oxidation sites excluding steroid dienone is 1. The predicted molar refractivity (Wildman–Crippen MR) is 138 cm³/mol. The maximum absolute atomic E-state index is 13.0. The Morgan fingerprint density at radius 3 is 2.41 bits per heavy atom. The van der Waals surface area contributed by atoms with Gasteiger partial charge in [-0.3, -0.25) is 14.5 Å². The SMILES string of the molecule is COC(=O)CCCC/C=C(\COc1cccc2ccccc12)C(=O)NCCN(C(C)C)C(C)C. The van der Waals surface area contributed by atoms with Crippen LogP contribution in [-0.4, -0.2) is 55.7 Å². The summed E-state index contributed by atoms with van der Waals surface area (Å²) in [7, 11) is 1.40. The molecule has 1 N–H and O–H groups in total. The minimum Gasteiger partial charge on any atom is -0.488 e. The molecule has 0 fully saturated rings. The first kappa shape index (κ1) is 27.4. The lowest BCUT2D eigenvalue weighted by molar-refractivity contribution is -0.140. The molecule has 0 unspecified atom stereocenters. The summed E-state index contributed by atoms with van der Waals surface area (Å²) >= 11 is 0. The Labute approximate surface area is 204 Å². The Hall–Kier alpha value is -2.86. The molecule has 0 saturated heterocycles. The number of benzene rings is 2. The van der Waals surface area contributed by atoms with Crippen LogP contribution in [0.4, 0.5) is 0 Å². The Kier molecular flexibility index (Phi) is 11.6. The van der Waals surface area contributed by atoms with Crippen LogP contribution in [0.5, 0.6) is 5.75 Å². The average molecular weight is 469 g/mol. The van der Waals surface area contributed by atoms with Crippen LogP contribution in [0.25, 0.3) is 10.8 Å². The van der Waals surface area contributed by atoms with Crippen LogP contribution >= 0.6 is 0 Å². The molecule has 1 amide bonds. The van der Waals surface area contributed by atoms with E-state index < -0.39 is 0 Å². The van der Waals surface area contributed by atoms with Crippen molar-refractivity contribution in [3.05, 3.63) is 54.1 Å². The van der Waals surface area contributed by atoms with Crippen LogP contribution in [0.1, 0.15) is 53.4 Å². The van der Waals surface area contributed by atoms with Crippen LogP contribution in [0.15, 0.2) is 54.1 Å². The van der Waals surface area contributed by atoms with Crippen molar-refractivity contribution >= 4 is 22.6 Å². The molecule has 0 aliphatic rings. The molecule has 0 atom stereocenters. The van der Waals surface area contributed by atoms with Crippen molar-refractivity contribution in [1.82, 2.24) is 10.2 Å². The Bertz CT molecular complexity index is 939. The fourth-order valence-electron chi connectivity index (χ4n) is 4.01. The number of ether oxygens (including phenoxy) is 2. The third-order valence-corrected chi connectivity index (χ3v) is 5.86. The lowest BCUT2D eigenvalue weighted by Crippen LogP contribution is -2.43. The first-order valence-corrected chi connectivity index (χ1v) is 12.2. The number of nitrogens with zero attached hydrogens (tertiary/aromatic N) is 1. The lowest BCUT2D eigenvalue weighted by atomic mass is 10.1. The number of hydrogen-bond acceptors (Lipinski definition) is 5. The van der Waals surface area contributed by atoms with Crippen molar-refractivity contribution in [1.29, 1.82) is 0 Å². The molecule has 2 aromatic carbocycles. The lowest BCUT2D eigenvalue weighted by Gasteiger charge is -2.30. The van der Waals surface area contributed by atoms with Gasteiger partial charge >= 0.3 is 5.97 Å². The van der Waals surface area contributed by atoms with Gasteiger partial charge in [0.15, 0.2) is 0 Å². The standard InChI is InChI=1S/C28H40N2O4/c1-21(2)30(22(3)4)19-18-29-28(32)24(13-7-6-8-17-27(31)33-5)20-34-26-16-11-14-23-12-9-10-15-25(23)26/h9-16,21-22H,6-8,17-20H2,1-5H3,(H,29,32)/b24-13+. The summed E-state index contributed by atoms with van der Waals surface area (Å²) in [5, 5.41) is 5.18. The number of nitrogens with one attached hydrogen (secondary N) is 1. The molecule has 0 aliphatic heterocycles. The predicted octanol–water partition coefficient (Wildman–Crippen LogP) is 5.11. The van der Waals surface area contributed by atoms with Gasteiger partial charge in [-0.15, -0.1) is 0 Å². The number of fused-ring (bicyclic) bond motifs is 1. The largest absolute Gasteiger partial charge is 0.488 e. The number of methoxy groups -OCH3 is 1. The summed E-state index contributed by atoms with van der Waals surface area (Å²) in [6.07, 6.45) is 4.54. The third kappa shape index (κ3) is 8.82. The van der Waals surface area contributed by atoms with Gasteiger partial charge in [0.25, 0.3) is 0 Å². The minimum atomic E-state index is -0.207. The zero-order valence-corrected chi connectivity index (χ0v) is 21.3. The van der Waals surface area contributed by atoms with Crippen molar-refractivity contribution in [2.75, 3.05) is 26.8 Å². The molecule has 0 spiro atoms. The second-order valence-electron chi connectivity index (χ2n) is 9.00. The smallest absolute Gasteiger partial charge is 0.305 e. The minimum absolute atomic E-state index is 0.110. The molecule has 0 aliphatic carbocycles. The molecule has 2 rings (SSSR count). The van der Waals surface area contributed by atoms with Gasteiger partial charge in [-0.05, 0) is 58.4 Å². The van der Waals surface area contributed by atoms with E-state index in [1.54, 1.807) is 0 Å². The maximum Gasteiger partial charge on any atom is 0.305 e. The summed E-state index contributed by atoms with van der Waals surface area (Å²) < 4.78 is 10.8. The van der Waals surface area contributed by atoms with Gasteiger partial charge in [0.05, 0.1) is 12.7 Å². The molecular formula is C28H40N2O4. The van der Waals surface area contributed by atoms with E-state index in [0.29, 0.717) is 37.0 Å². The van der Waals surface area contributed by atoms with Gasteiger partial charge in [-0.25, -0.2) is 0 Å². The van der Waals surface area contributed by atoms with Crippen molar-refractivity contribution in [2.45, 2.75) is 65.5 Å². The monoisotopic (exact) mass is 468 g/mol. The van der Waals surface area contributed by atoms with Gasteiger partial charge in [0, 0.05) is 37.0 Å². The number of esters is 1. The van der Waals surface area contributed by atoms with Gasteiger partial charge in [-0.2, -0.15) is 0 Å². The van der Waals surface area contributed by atoms with Crippen molar-refractivity contribution in [2.24, 2.45) is 0 Å². The Morgan fingerprint density at radius 1 is 1.00 bits per heavy atom. The molecule has 0 saturated carbocycles. The third-order valence-electron chi connectivity index (χ3n) is 5.86. The summed E-state index contributed by atoms with van der Waals surface area (Å²) in [6.45, 7) is 10.2. The molecule has 2 aromatic rings. The summed E-state index contributed by atoms with van der Waals surface area (Å²) in [5.41, 5.74) is 0.603. The van der Waals surface area contributed by atoms with Crippen LogP contribution in [0.2, 0.25) is 0 Å². The van der Waals surface area contributed by atoms with Crippen LogP contribution in [-0.2, 0) is 14.3 Å². The van der Waals surface area contributed by atoms with Gasteiger partial charge in [0.2, 0.25) is 5.91 Å². The van der Waals surface area contributed by atoms with Crippen molar-refractivity contribution in [3.63, 3.8) is 0 Å². The Balaban J connectivity index is 2.03. The number of hydrogen-bond donors (Lipinski definition) is 1. The molecule has 6 nitrogen and oxygen atoms in total. The molecule has 186 valence electrons. The van der Waals surface area contributed by atoms with Crippen molar-refractivity contribution in [3.8, 4) is 5.75 Å². The highest BCUT2D eigenvalue weighted by atomic mass is 16.5.